The number of aromatic nitrogens is 1. The number of nitrogens with one attached hydrogen (secondary N) is 1. The highest BCUT2D eigenvalue weighted by Gasteiger charge is 2.14. The lowest BCUT2D eigenvalue weighted by Crippen LogP contribution is -2.19. The van der Waals surface area contributed by atoms with Crippen molar-refractivity contribution in [1.82, 2.24) is 10.3 Å². The first kappa shape index (κ1) is 15.3. The largest absolute Gasteiger partial charge is 0.313 e. The van der Waals surface area contributed by atoms with Crippen LogP contribution in [0, 0.1) is 0 Å². The maximum atomic E-state index is 6.26. The molecule has 0 spiro atoms. The van der Waals surface area contributed by atoms with Crippen molar-refractivity contribution in [1.29, 1.82) is 0 Å². The summed E-state index contributed by atoms with van der Waals surface area (Å²) in [6.45, 7) is 2.12. The number of hydrogen-bond donors (Lipinski definition) is 1. The predicted molar refractivity (Wildman–Crippen MR) is 85.6 cm³/mol. The number of likely N-dealkylation sites (N-methyl/N-ethyl adjacent to an activating group) is 1. The van der Waals surface area contributed by atoms with Gasteiger partial charge in [-0.3, -0.25) is 4.98 Å². The molecule has 0 aliphatic carbocycles. The minimum Gasteiger partial charge on any atom is -0.313 e. The normalized spacial score (nSPS) is 12.4. The van der Waals surface area contributed by atoms with E-state index in [1.807, 2.05) is 25.4 Å². The molecule has 1 heterocycles. The van der Waals surface area contributed by atoms with Crippen molar-refractivity contribution >= 4 is 23.2 Å². The van der Waals surface area contributed by atoms with E-state index in [0.29, 0.717) is 5.02 Å². The summed E-state index contributed by atoms with van der Waals surface area (Å²) in [4.78, 5) is 4.50. The number of pyridine rings is 1. The summed E-state index contributed by atoms with van der Waals surface area (Å²) in [6.07, 6.45) is 3.71. The van der Waals surface area contributed by atoms with Crippen LogP contribution in [0.25, 0.3) is 0 Å². The van der Waals surface area contributed by atoms with Crippen LogP contribution in [0.2, 0.25) is 10.0 Å². The number of aryl methyl sites for hydroxylation is 1. The maximum absolute atomic E-state index is 6.26. The topological polar surface area (TPSA) is 24.9 Å². The van der Waals surface area contributed by atoms with Crippen LogP contribution >= 0.6 is 23.2 Å². The molecule has 0 radical (unpaired) electrons. The van der Waals surface area contributed by atoms with Gasteiger partial charge in [0.25, 0.3) is 0 Å². The van der Waals surface area contributed by atoms with E-state index < -0.39 is 0 Å². The van der Waals surface area contributed by atoms with E-state index in [-0.39, 0.29) is 6.04 Å². The molecule has 1 atom stereocenters. The summed E-state index contributed by atoms with van der Waals surface area (Å²) in [6, 6.07) is 9.83. The zero-order valence-electron chi connectivity index (χ0n) is 11.7. The number of rotatable bonds is 5. The summed E-state index contributed by atoms with van der Waals surface area (Å²) in [5.41, 5.74) is 3.29. The number of benzene rings is 1. The Hall–Kier alpha value is -1.09. The van der Waals surface area contributed by atoms with Crippen molar-refractivity contribution in [3.05, 3.63) is 63.4 Å². The molecule has 2 rings (SSSR count). The summed E-state index contributed by atoms with van der Waals surface area (Å²) in [5, 5.41) is 4.70. The Balaban J connectivity index is 2.21. The minimum absolute atomic E-state index is 0.0983. The predicted octanol–water partition coefficient (Wildman–Crippen LogP) is 4.45. The molecule has 0 saturated carbocycles. The van der Waals surface area contributed by atoms with Crippen molar-refractivity contribution in [2.45, 2.75) is 25.8 Å². The number of hydrogen-bond acceptors (Lipinski definition) is 2. The Morgan fingerprint density at radius 1 is 1.20 bits per heavy atom. The Morgan fingerprint density at radius 3 is 2.60 bits per heavy atom. The first-order valence-electron chi connectivity index (χ1n) is 6.70. The number of halogens is 2. The standard InChI is InChI=1S/C16H18Cl2N2/c1-3-11-4-6-13(20-10-11)9-16(19-2)14-8-12(17)5-7-15(14)18/h4-8,10,16,19H,3,9H2,1-2H3. The second-order valence-electron chi connectivity index (χ2n) is 4.72. The van der Waals surface area contributed by atoms with E-state index in [1.165, 1.54) is 5.56 Å². The molecule has 20 heavy (non-hydrogen) atoms. The smallest absolute Gasteiger partial charge is 0.0454 e. The lowest BCUT2D eigenvalue weighted by molar-refractivity contribution is 0.584. The van der Waals surface area contributed by atoms with Gasteiger partial charge < -0.3 is 5.32 Å². The third kappa shape index (κ3) is 3.72. The lowest BCUT2D eigenvalue weighted by atomic mass is 10.0. The third-order valence-corrected chi connectivity index (χ3v) is 3.97. The molecule has 0 fully saturated rings. The van der Waals surface area contributed by atoms with Gasteiger partial charge in [-0.1, -0.05) is 36.2 Å². The fraction of sp³-hybridized carbons (Fsp3) is 0.312. The maximum Gasteiger partial charge on any atom is 0.0454 e. The molecule has 0 amide bonds. The van der Waals surface area contributed by atoms with Crippen LogP contribution in [0.15, 0.2) is 36.5 Å². The van der Waals surface area contributed by atoms with Crippen molar-refractivity contribution in [2.24, 2.45) is 0 Å². The first-order chi connectivity index (χ1) is 9.63. The summed E-state index contributed by atoms with van der Waals surface area (Å²) < 4.78 is 0. The van der Waals surface area contributed by atoms with E-state index in [9.17, 15) is 0 Å². The van der Waals surface area contributed by atoms with Crippen LogP contribution in [-0.2, 0) is 12.8 Å². The Labute approximate surface area is 130 Å². The average Bonchev–Trinajstić information content (AvgIpc) is 2.48. The fourth-order valence-electron chi connectivity index (χ4n) is 2.14. The van der Waals surface area contributed by atoms with Crippen molar-refractivity contribution in [3.8, 4) is 0 Å². The molecular formula is C16H18Cl2N2. The average molecular weight is 309 g/mol. The van der Waals surface area contributed by atoms with E-state index in [2.05, 4.69) is 29.4 Å². The highest BCUT2D eigenvalue weighted by Crippen LogP contribution is 2.28. The van der Waals surface area contributed by atoms with Gasteiger partial charge in [0.2, 0.25) is 0 Å². The Kier molecular flexibility index (Phi) is 5.41. The van der Waals surface area contributed by atoms with E-state index >= 15 is 0 Å². The van der Waals surface area contributed by atoms with Crippen LogP contribution in [0.5, 0.6) is 0 Å². The molecule has 1 N–H and O–H groups in total. The van der Waals surface area contributed by atoms with Gasteiger partial charge in [0, 0.05) is 34.4 Å². The SMILES string of the molecule is CCc1ccc(CC(NC)c2cc(Cl)ccc2Cl)nc1. The van der Waals surface area contributed by atoms with E-state index in [0.717, 1.165) is 29.1 Å². The van der Waals surface area contributed by atoms with Crippen molar-refractivity contribution in [2.75, 3.05) is 7.05 Å². The molecule has 0 aliphatic rings. The van der Waals surface area contributed by atoms with Crippen LogP contribution in [0.3, 0.4) is 0 Å². The second kappa shape index (κ2) is 7.07. The van der Waals surface area contributed by atoms with Gasteiger partial charge in [-0.05, 0) is 48.9 Å². The molecule has 1 aromatic carbocycles. The molecule has 0 bridgehead atoms. The quantitative estimate of drug-likeness (QED) is 0.882. The number of nitrogens with zero attached hydrogens (tertiary/aromatic N) is 1. The van der Waals surface area contributed by atoms with Crippen molar-refractivity contribution in [3.63, 3.8) is 0 Å². The molecule has 1 unspecified atom stereocenters. The zero-order chi connectivity index (χ0) is 14.5. The summed E-state index contributed by atoms with van der Waals surface area (Å²) in [5.74, 6) is 0. The van der Waals surface area contributed by atoms with Crippen LogP contribution in [0.4, 0.5) is 0 Å². The summed E-state index contributed by atoms with van der Waals surface area (Å²) in [7, 11) is 1.92. The molecule has 2 nitrogen and oxygen atoms in total. The minimum atomic E-state index is 0.0983. The Bertz CT molecular complexity index is 567. The van der Waals surface area contributed by atoms with Crippen LogP contribution < -0.4 is 5.32 Å². The second-order valence-corrected chi connectivity index (χ2v) is 5.57. The zero-order valence-corrected chi connectivity index (χ0v) is 13.2. The first-order valence-corrected chi connectivity index (χ1v) is 7.45. The molecule has 2 aromatic rings. The molecular weight excluding hydrogens is 291 g/mol. The van der Waals surface area contributed by atoms with Crippen molar-refractivity contribution < 1.29 is 0 Å². The summed E-state index contributed by atoms with van der Waals surface area (Å²) >= 11 is 12.3. The highest BCUT2D eigenvalue weighted by atomic mass is 35.5. The molecule has 106 valence electrons. The third-order valence-electron chi connectivity index (χ3n) is 3.39. The van der Waals surface area contributed by atoms with E-state index in [4.69, 9.17) is 23.2 Å². The van der Waals surface area contributed by atoms with E-state index in [1.54, 1.807) is 6.07 Å². The monoisotopic (exact) mass is 308 g/mol. The van der Waals surface area contributed by atoms with Gasteiger partial charge in [0.1, 0.15) is 0 Å². The van der Waals surface area contributed by atoms with Crippen LogP contribution in [-0.4, -0.2) is 12.0 Å². The highest BCUT2D eigenvalue weighted by molar-refractivity contribution is 6.33. The van der Waals surface area contributed by atoms with Gasteiger partial charge in [0.15, 0.2) is 0 Å². The van der Waals surface area contributed by atoms with Gasteiger partial charge in [-0.15, -0.1) is 0 Å². The van der Waals surface area contributed by atoms with Gasteiger partial charge in [-0.2, -0.15) is 0 Å². The van der Waals surface area contributed by atoms with Gasteiger partial charge >= 0.3 is 0 Å². The fourth-order valence-corrected chi connectivity index (χ4v) is 2.57. The molecule has 0 aliphatic heterocycles. The molecule has 0 saturated heterocycles. The molecule has 1 aromatic heterocycles. The lowest BCUT2D eigenvalue weighted by Gasteiger charge is -2.18. The van der Waals surface area contributed by atoms with Gasteiger partial charge in [-0.25, -0.2) is 0 Å². The van der Waals surface area contributed by atoms with Gasteiger partial charge in [0.05, 0.1) is 0 Å². The molecule has 4 heteroatoms. The Morgan fingerprint density at radius 2 is 2.00 bits per heavy atom. The van der Waals surface area contributed by atoms with Crippen LogP contribution in [0.1, 0.15) is 29.8 Å².